The lowest BCUT2D eigenvalue weighted by Crippen LogP contribution is -2.11. The number of hydrogen-bond acceptors (Lipinski definition) is 2. The fourth-order valence-electron chi connectivity index (χ4n) is 1.61. The number of halogens is 3. The van der Waals surface area contributed by atoms with Gasteiger partial charge in [-0.15, -0.1) is 0 Å². The first-order valence-corrected chi connectivity index (χ1v) is 6.80. The molecule has 20 heavy (non-hydrogen) atoms. The SMILES string of the molecule is NC(=S)c1ccc(Cl)cc1OCc1ccc(Cl)c(F)c1. The Morgan fingerprint density at radius 2 is 1.95 bits per heavy atom. The standard InChI is InChI=1S/C14H10Cl2FNOS/c15-9-2-3-10(14(18)20)13(6-9)19-7-8-1-4-11(16)12(17)5-8/h1-6H,7H2,(H2,18,20). The summed E-state index contributed by atoms with van der Waals surface area (Å²) in [6, 6.07) is 9.43. The molecule has 0 aromatic heterocycles. The van der Waals surface area contributed by atoms with Gasteiger partial charge >= 0.3 is 0 Å². The second kappa shape index (κ2) is 6.39. The Kier molecular flexibility index (Phi) is 4.81. The van der Waals surface area contributed by atoms with Crippen LogP contribution in [0.1, 0.15) is 11.1 Å². The third-order valence-electron chi connectivity index (χ3n) is 2.59. The van der Waals surface area contributed by atoms with Crippen LogP contribution in [0.3, 0.4) is 0 Å². The van der Waals surface area contributed by atoms with Crippen LogP contribution in [0.25, 0.3) is 0 Å². The Morgan fingerprint density at radius 3 is 2.60 bits per heavy atom. The molecule has 0 amide bonds. The van der Waals surface area contributed by atoms with E-state index in [1.165, 1.54) is 12.1 Å². The van der Waals surface area contributed by atoms with E-state index in [0.717, 1.165) is 0 Å². The fraction of sp³-hybridized carbons (Fsp3) is 0.0714. The average molecular weight is 330 g/mol. The summed E-state index contributed by atoms with van der Waals surface area (Å²) in [4.78, 5) is 0.207. The summed E-state index contributed by atoms with van der Waals surface area (Å²) >= 11 is 16.5. The molecule has 0 spiro atoms. The smallest absolute Gasteiger partial charge is 0.142 e. The molecular weight excluding hydrogens is 320 g/mol. The van der Waals surface area contributed by atoms with Gasteiger partial charge in [0.05, 0.1) is 10.6 Å². The highest BCUT2D eigenvalue weighted by molar-refractivity contribution is 7.80. The second-order valence-corrected chi connectivity index (χ2v) is 5.33. The Labute approximate surface area is 131 Å². The van der Waals surface area contributed by atoms with Crippen molar-refractivity contribution in [2.75, 3.05) is 0 Å². The number of thiocarbonyl (C=S) groups is 1. The lowest BCUT2D eigenvalue weighted by molar-refractivity contribution is 0.305. The third kappa shape index (κ3) is 3.60. The molecule has 104 valence electrons. The molecule has 2 nitrogen and oxygen atoms in total. The van der Waals surface area contributed by atoms with Gasteiger partial charge in [-0.1, -0.05) is 41.5 Å². The van der Waals surface area contributed by atoms with Crippen LogP contribution in [-0.4, -0.2) is 4.99 Å². The predicted molar refractivity (Wildman–Crippen MR) is 83.1 cm³/mol. The van der Waals surface area contributed by atoms with E-state index in [9.17, 15) is 4.39 Å². The minimum absolute atomic E-state index is 0.0698. The maximum absolute atomic E-state index is 13.3. The number of rotatable bonds is 4. The van der Waals surface area contributed by atoms with E-state index in [-0.39, 0.29) is 16.6 Å². The summed E-state index contributed by atoms with van der Waals surface area (Å²) in [6.45, 7) is 0.157. The van der Waals surface area contributed by atoms with Gasteiger partial charge in [0.2, 0.25) is 0 Å². The molecule has 0 fully saturated rings. The molecule has 6 heteroatoms. The zero-order chi connectivity index (χ0) is 14.7. The van der Waals surface area contributed by atoms with Gasteiger partial charge in [0.25, 0.3) is 0 Å². The summed E-state index contributed by atoms with van der Waals surface area (Å²) in [5, 5.41) is 0.572. The van der Waals surface area contributed by atoms with E-state index >= 15 is 0 Å². The van der Waals surface area contributed by atoms with E-state index in [1.54, 1.807) is 24.3 Å². The average Bonchev–Trinajstić information content (AvgIpc) is 2.40. The van der Waals surface area contributed by atoms with Gasteiger partial charge in [-0.3, -0.25) is 0 Å². The first kappa shape index (κ1) is 15.0. The van der Waals surface area contributed by atoms with E-state index in [2.05, 4.69) is 0 Å². The summed E-state index contributed by atoms with van der Waals surface area (Å²) in [6.07, 6.45) is 0. The Hall–Kier alpha value is -1.36. The van der Waals surface area contributed by atoms with Crippen molar-refractivity contribution >= 4 is 40.4 Å². The van der Waals surface area contributed by atoms with Crippen molar-refractivity contribution in [2.24, 2.45) is 5.73 Å². The minimum atomic E-state index is -0.492. The van der Waals surface area contributed by atoms with E-state index < -0.39 is 5.82 Å². The van der Waals surface area contributed by atoms with Crippen molar-refractivity contribution in [1.82, 2.24) is 0 Å². The summed E-state index contributed by atoms with van der Waals surface area (Å²) < 4.78 is 18.9. The molecule has 0 heterocycles. The number of ether oxygens (including phenoxy) is 1. The number of nitrogens with two attached hydrogens (primary N) is 1. The summed E-state index contributed by atoms with van der Waals surface area (Å²) in [7, 11) is 0. The normalized spacial score (nSPS) is 10.3. The molecule has 0 unspecified atom stereocenters. The summed E-state index contributed by atoms with van der Waals surface area (Å²) in [5.74, 6) is -0.0335. The van der Waals surface area contributed by atoms with Crippen molar-refractivity contribution in [3.8, 4) is 5.75 Å². The van der Waals surface area contributed by atoms with Crippen molar-refractivity contribution in [1.29, 1.82) is 0 Å². The van der Waals surface area contributed by atoms with E-state index in [1.807, 2.05) is 0 Å². The molecule has 2 rings (SSSR count). The largest absolute Gasteiger partial charge is 0.488 e. The van der Waals surface area contributed by atoms with Crippen LogP contribution in [-0.2, 0) is 6.61 Å². The molecule has 0 aliphatic rings. The van der Waals surface area contributed by atoms with Gasteiger partial charge in [-0.2, -0.15) is 0 Å². The fourth-order valence-corrected chi connectivity index (χ4v) is 2.06. The lowest BCUT2D eigenvalue weighted by atomic mass is 10.2. The van der Waals surface area contributed by atoms with Gasteiger partial charge < -0.3 is 10.5 Å². The van der Waals surface area contributed by atoms with Gasteiger partial charge in [0.1, 0.15) is 23.2 Å². The lowest BCUT2D eigenvalue weighted by Gasteiger charge is -2.11. The summed E-state index contributed by atoms with van der Waals surface area (Å²) in [5.41, 5.74) is 6.83. The molecule has 0 aliphatic heterocycles. The second-order valence-electron chi connectivity index (χ2n) is 4.04. The van der Waals surface area contributed by atoms with Crippen LogP contribution >= 0.6 is 35.4 Å². The highest BCUT2D eigenvalue weighted by atomic mass is 35.5. The molecule has 2 aromatic rings. The van der Waals surface area contributed by atoms with Crippen LogP contribution in [0.2, 0.25) is 10.0 Å². The number of benzene rings is 2. The monoisotopic (exact) mass is 329 g/mol. The van der Waals surface area contributed by atoms with Crippen molar-refractivity contribution in [3.05, 3.63) is 63.4 Å². The van der Waals surface area contributed by atoms with Crippen LogP contribution in [0.4, 0.5) is 4.39 Å². The van der Waals surface area contributed by atoms with Crippen molar-refractivity contribution in [2.45, 2.75) is 6.61 Å². The maximum Gasteiger partial charge on any atom is 0.142 e. The predicted octanol–water partition coefficient (Wildman–Crippen LogP) is 4.35. The Bertz CT molecular complexity index is 664. The van der Waals surface area contributed by atoms with Gasteiger partial charge in [0, 0.05) is 5.02 Å². The van der Waals surface area contributed by atoms with E-state index in [0.29, 0.717) is 21.9 Å². The molecule has 2 aromatic carbocycles. The molecule has 0 atom stereocenters. The van der Waals surface area contributed by atoms with Crippen LogP contribution < -0.4 is 10.5 Å². The Morgan fingerprint density at radius 1 is 1.20 bits per heavy atom. The van der Waals surface area contributed by atoms with Crippen molar-refractivity contribution < 1.29 is 9.13 Å². The van der Waals surface area contributed by atoms with Gasteiger partial charge in [-0.25, -0.2) is 4.39 Å². The molecule has 0 saturated carbocycles. The first-order chi connectivity index (χ1) is 9.47. The molecule has 2 N–H and O–H groups in total. The quantitative estimate of drug-likeness (QED) is 0.847. The highest BCUT2D eigenvalue weighted by Gasteiger charge is 2.08. The number of hydrogen-bond donors (Lipinski definition) is 1. The minimum Gasteiger partial charge on any atom is -0.488 e. The molecule has 0 bridgehead atoms. The zero-order valence-corrected chi connectivity index (χ0v) is 12.5. The molecule has 0 radical (unpaired) electrons. The topological polar surface area (TPSA) is 35.2 Å². The Balaban J connectivity index is 2.20. The third-order valence-corrected chi connectivity index (χ3v) is 3.35. The maximum atomic E-state index is 13.3. The van der Waals surface area contributed by atoms with Gasteiger partial charge in [0.15, 0.2) is 0 Å². The molecular formula is C14H10Cl2FNOS. The molecule has 0 saturated heterocycles. The van der Waals surface area contributed by atoms with Crippen LogP contribution in [0.5, 0.6) is 5.75 Å². The van der Waals surface area contributed by atoms with Gasteiger partial charge in [-0.05, 0) is 35.9 Å². The molecule has 0 aliphatic carbocycles. The van der Waals surface area contributed by atoms with Crippen molar-refractivity contribution in [3.63, 3.8) is 0 Å². The van der Waals surface area contributed by atoms with Crippen LogP contribution in [0, 0.1) is 5.82 Å². The first-order valence-electron chi connectivity index (χ1n) is 5.63. The zero-order valence-electron chi connectivity index (χ0n) is 10.2. The van der Waals surface area contributed by atoms with E-state index in [4.69, 9.17) is 45.9 Å². The van der Waals surface area contributed by atoms with Crippen LogP contribution in [0.15, 0.2) is 36.4 Å². The highest BCUT2D eigenvalue weighted by Crippen LogP contribution is 2.25.